The van der Waals surface area contributed by atoms with Crippen LogP contribution in [-0.4, -0.2) is 34.4 Å². The lowest BCUT2D eigenvalue weighted by atomic mass is 10.1. The lowest BCUT2D eigenvalue weighted by molar-refractivity contribution is 0.193. The summed E-state index contributed by atoms with van der Waals surface area (Å²) >= 11 is 0. The Morgan fingerprint density at radius 3 is 2.94 bits per heavy atom. The Bertz CT molecular complexity index is 484. The van der Waals surface area contributed by atoms with Crippen molar-refractivity contribution in [2.75, 3.05) is 26.0 Å². The summed E-state index contributed by atoms with van der Waals surface area (Å²) in [6.07, 6.45) is 0.884. The molecule has 1 unspecified atom stereocenters. The van der Waals surface area contributed by atoms with Crippen molar-refractivity contribution >= 4 is 9.84 Å². The zero-order chi connectivity index (χ0) is 12.3. The quantitative estimate of drug-likeness (QED) is 0.802. The average molecular weight is 255 g/mol. The van der Waals surface area contributed by atoms with Crippen molar-refractivity contribution in [3.05, 3.63) is 29.8 Å². The van der Waals surface area contributed by atoms with Crippen LogP contribution in [0.1, 0.15) is 18.0 Å². The van der Waals surface area contributed by atoms with Gasteiger partial charge in [0.2, 0.25) is 0 Å². The van der Waals surface area contributed by atoms with Crippen molar-refractivity contribution < 1.29 is 13.2 Å². The molecule has 1 aliphatic heterocycles. The Kier molecular flexibility index (Phi) is 3.81. The van der Waals surface area contributed by atoms with E-state index in [0.717, 1.165) is 18.5 Å². The molecule has 0 radical (unpaired) electrons. The zero-order valence-corrected chi connectivity index (χ0v) is 10.7. The number of ether oxygens (including phenoxy) is 1. The van der Waals surface area contributed by atoms with Crippen molar-refractivity contribution in [2.45, 2.75) is 17.4 Å². The highest BCUT2D eigenvalue weighted by Gasteiger charge is 2.33. The topological polar surface area (TPSA) is 55.4 Å². The molecule has 0 aromatic heterocycles. The first-order valence-electron chi connectivity index (χ1n) is 5.69. The monoisotopic (exact) mass is 255 g/mol. The lowest BCUT2D eigenvalue weighted by Crippen LogP contribution is -2.24. The molecule has 0 bridgehead atoms. The number of sulfone groups is 1. The van der Waals surface area contributed by atoms with E-state index in [1.807, 2.05) is 12.1 Å². The molecule has 0 fully saturated rings. The van der Waals surface area contributed by atoms with E-state index in [1.165, 1.54) is 0 Å². The van der Waals surface area contributed by atoms with Gasteiger partial charge < -0.3 is 10.1 Å². The summed E-state index contributed by atoms with van der Waals surface area (Å²) in [5.74, 6) is 0.166. The fraction of sp³-hybridized carbons (Fsp3) is 0.500. The third-order valence-corrected chi connectivity index (χ3v) is 4.75. The van der Waals surface area contributed by atoms with Crippen molar-refractivity contribution in [3.63, 3.8) is 0 Å². The van der Waals surface area contributed by atoms with Crippen LogP contribution in [-0.2, 0) is 14.6 Å². The third kappa shape index (κ3) is 2.68. The molecule has 5 heteroatoms. The fourth-order valence-electron chi connectivity index (χ4n) is 2.11. The Morgan fingerprint density at radius 2 is 2.18 bits per heavy atom. The molecule has 17 heavy (non-hydrogen) atoms. The van der Waals surface area contributed by atoms with Crippen molar-refractivity contribution in [2.24, 2.45) is 0 Å². The molecule has 0 spiro atoms. The summed E-state index contributed by atoms with van der Waals surface area (Å²) < 4.78 is 28.7. The number of methoxy groups -OCH3 is 1. The van der Waals surface area contributed by atoms with Crippen LogP contribution in [0.15, 0.2) is 29.2 Å². The van der Waals surface area contributed by atoms with Crippen LogP contribution in [0.3, 0.4) is 0 Å². The minimum Gasteiger partial charge on any atom is -0.385 e. The van der Waals surface area contributed by atoms with E-state index in [9.17, 15) is 8.42 Å². The molecule has 0 saturated carbocycles. The molecule has 2 rings (SSSR count). The van der Waals surface area contributed by atoms with E-state index < -0.39 is 9.84 Å². The largest absolute Gasteiger partial charge is 0.385 e. The summed E-state index contributed by atoms with van der Waals surface area (Å²) in [5.41, 5.74) is 0.893. The fourth-order valence-corrected chi connectivity index (χ4v) is 3.88. The number of hydrogen-bond donors (Lipinski definition) is 1. The van der Waals surface area contributed by atoms with Crippen LogP contribution < -0.4 is 5.32 Å². The highest BCUT2D eigenvalue weighted by atomic mass is 32.2. The Morgan fingerprint density at radius 1 is 1.41 bits per heavy atom. The predicted molar refractivity (Wildman–Crippen MR) is 65.7 cm³/mol. The SMILES string of the molecule is COCCCNC1CS(=O)(=O)c2ccccc21. The van der Waals surface area contributed by atoms with Crippen LogP contribution in [0.4, 0.5) is 0 Å². The molecule has 94 valence electrons. The summed E-state index contributed by atoms with van der Waals surface area (Å²) in [7, 11) is -1.43. The summed E-state index contributed by atoms with van der Waals surface area (Å²) in [4.78, 5) is 0.476. The van der Waals surface area contributed by atoms with Gasteiger partial charge >= 0.3 is 0 Å². The molecule has 1 atom stereocenters. The van der Waals surface area contributed by atoms with Gasteiger partial charge in [0.05, 0.1) is 10.6 Å². The standard InChI is InChI=1S/C12H17NO3S/c1-16-8-4-7-13-11-9-17(14,15)12-6-3-2-5-10(11)12/h2-3,5-6,11,13H,4,7-9H2,1H3. The van der Waals surface area contributed by atoms with E-state index in [-0.39, 0.29) is 11.8 Å². The molecule has 1 heterocycles. The summed E-state index contributed by atoms with van der Waals surface area (Å²) in [6, 6.07) is 7.14. The smallest absolute Gasteiger partial charge is 0.180 e. The Labute approximate surface area is 102 Å². The molecule has 1 aromatic rings. The van der Waals surface area contributed by atoms with Crippen LogP contribution in [0, 0.1) is 0 Å². The summed E-state index contributed by atoms with van der Waals surface area (Å²) in [5, 5.41) is 3.27. The van der Waals surface area contributed by atoms with E-state index in [0.29, 0.717) is 11.5 Å². The molecule has 1 aliphatic rings. The van der Waals surface area contributed by atoms with Crippen molar-refractivity contribution in [3.8, 4) is 0 Å². The highest BCUT2D eigenvalue weighted by Crippen LogP contribution is 2.32. The highest BCUT2D eigenvalue weighted by molar-refractivity contribution is 7.91. The van der Waals surface area contributed by atoms with Crippen molar-refractivity contribution in [1.82, 2.24) is 5.32 Å². The summed E-state index contributed by atoms with van der Waals surface area (Å²) in [6.45, 7) is 1.45. The van der Waals surface area contributed by atoms with Crippen LogP contribution in [0.25, 0.3) is 0 Å². The van der Waals surface area contributed by atoms with Gasteiger partial charge in [-0.25, -0.2) is 8.42 Å². The second-order valence-electron chi connectivity index (χ2n) is 4.17. The number of hydrogen-bond acceptors (Lipinski definition) is 4. The maximum absolute atomic E-state index is 11.9. The Balaban J connectivity index is 2.07. The molecular formula is C12H17NO3S. The number of benzene rings is 1. The van der Waals surface area contributed by atoms with E-state index in [1.54, 1.807) is 19.2 Å². The third-order valence-electron chi connectivity index (χ3n) is 2.93. The van der Waals surface area contributed by atoms with Gasteiger partial charge in [0.15, 0.2) is 9.84 Å². The second kappa shape index (κ2) is 5.16. The van der Waals surface area contributed by atoms with Crippen LogP contribution >= 0.6 is 0 Å². The van der Waals surface area contributed by atoms with Gasteiger partial charge in [-0.05, 0) is 24.6 Å². The van der Waals surface area contributed by atoms with Crippen LogP contribution in [0.2, 0.25) is 0 Å². The second-order valence-corrected chi connectivity index (χ2v) is 6.17. The Hall–Kier alpha value is -0.910. The molecule has 0 saturated heterocycles. The van der Waals surface area contributed by atoms with Crippen LogP contribution in [0.5, 0.6) is 0 Å². The average Bonchev–Trinajstić information content (AvgIpc) is 2.58. The van der Waals surface area contributed by atoms with Gasteiger partial charge in [-0.3, -0.25) is 0 Å². The molecule has 0 aliphatic carbocycles. The van der Waals surface area contributed by atoms with Gasteiger partial charge in [0.1, 0.15) is 0 Å². The number of nitrogens with one attached hydrogen (secondary N) is 1. The normalized spacial score (nSPS) is 21.4. The first-order valence-corrected chi connectivity index (χ1v) is 7.34. The first kappa shape index (κ1) is 12.5. The van der Waals surface area contributed by atoms with Gasteiger partial charge in [0.25, 0.3) is 0 Å². The first-order chi connectivity index (χ1) is 8.15. The number of rotatable bonds is 5. The number of fused-ring (bicyclic) bond motifs is 1. The predicted octanol–water partition coefficient (Wildman–Crippen LogP) is 1.14. The van der Waals surface area contributed by atoms with E-state index >= 15 is 0 Å². The minimum atomic E-state index is -3.09. The molecule has 1 N–H and O–H groups in total. The molecule has 4 nitrogen and oxygen atoms in total. The van der Waals surface area contributed by atoms with E-state index in [4.69, 9.17) is 4.74 Å². The molecule has 1 aromatic carbocycles. The zero-order valence-electron chi connectivity index (χ0n) is 9.85. The van der Waals surface area contributed by atoms with Gasteiger partial charge in [0, 0.05) is 19.8 Å². The maximum atomic E-state index is 11.9. The van der Waals surface area contributed by atoms with Gasteiger partial charge in [-0.15, -0.1) is 0 Å². The van der Waals surface area contributed by atoms with Gasteiger partial charge in [-0.1, -0.05) is 18.2 Å². The maximum Gasteiger partial charge on any atom is 0.180 e. The van der Waals surface area contributed by atoms with Crippen molar-refractivity contribution in [1.29, 1.82) is 0 Å². The van der Waals surface area contributed by atoms with Gasteiger partial charge in [-0.2, -0.15) is 0 Å². The molecular weight excluding hydrogens is 238 g/mol. The van der Waals surface area contributed by atoms with E-state index in [2.05, 4.69) is 5.32 Å². The lowest BCUT2D eigenvalue weighted by Gasteiger charge is -2.11. The molecule has 0 amide bonds. The minimum absolute atomic E-state index is 0.0759.